The van der Waals surface area contributed by atoms with Crippen molar-refractivity contribution >= 4 is 11.7 Å². The lowest BCUT2D eigenvalue weighted by Gasteiger charge is -2.14. The van der Waals surface area contributed by atoms with Crippen LogP contribution < -0.4 is 20.7 Å². The molecule has 0 saturated heterocycles. The van der Waals surface area contributed by atoms with Gasteiger partial charge >= 0.3 is 6.03 Å². The fourth-order valence-electron chi connectivity index (χ4n) is 2.18. The van der Waals surface area contributed by atoms with Crippen molar-refractivity contribution in [2.45, 2.75) is 6.10 Å². The first-order chi connectivity index (χ1) is 13.1. The Kier molecular flexibility index (Phi) is 7.91. The number of ether oxygens (including phenoxy) is 1. The maximum Gasteiger partial charge on any atom is 0.319 e. The van der Waals surface area contributed by atoms with Crippen molar-refractivity contribution in [1.82, 2.24) is 10.6 Å². The van der Waals surface area contributed by atoms with Crippen LogP contribution in [0.1, 0.15) is 5.56 Å². The molecule has 2 amide bonds. The van der Waals surface area contributed by atoms with Gasteiger partial charge < -0.3 is 30.9 Å². The molecule has 8 heteroatoms. The Hall–Kier alpha value is -3.28. The molecule has 0 heterocycles. The first-order valence-electron chi connectivity index (χ1n) is 8.43. The Morgan fingerprint density at radius 1 is 1.15 bits per heavy atom. The normalized spacial score (nSPS) is 11.3. The lowest BCUT2D eigenvalue weighted by atomic mass is 10.2. The fourth-order valence-corrected chi connectivity index (χ4v) is 2.18. The number of phenolic OH excluding ortho intramolecular Hbond substituents is 1. The summed E-state index contributed by atoms with van der Waals surface area (Å²) in [6.07, 6.45) is -0.748. The number of nitriles is 1. The zero-order valence-corrected chi connectivity index (χ0v) is 14.7. The van der Waals surface area contributed by atoms with E-state index in [2.05, 4.69) is 16.0 Å². The molecule has 0 aliphatic heterocycles. The predicted molar refractivity (Wildman–Crippen MR) is 101 cm³/mol. The van der Waals surface area contributed by atoms with E-state index in [-0.39, 0.29) is 24.9 Å². The number of aliphatic hydroxyl groups is 1. The number of urea groups is 1. The Balaban J connectivity index is 1.57. The summed E-state index contributed by atoms with van der Waals surface area (Å²) in [6, 6.07) is 14.6. The molecule has 0 bridgehead atoms. The highest BCUT2D eigenvalue weighted by molar-refractivity contribution is 5.89. The highest BCUT2D eigenvalue weighted by Gasteiger charge is 2.07. The summed E-state index contributed by atoms with van der Waals surface area (Å²) in [6.45, 7) is 1.18. The van der Waals surface area contributed by atoms with Crippen LogP contribution in [-0.4, -0.2) is 48.6 Å². The molecular formula is C19H22N4O4. The fraction of sp³-hybridized carbons (Fsp3) is 0.263. The molecule has 1 atom stereocenters. The maximum atomic E-state index is 11.7. The molecule has 142 valence electrons. The van der Waals surface area contributed by atoms with Crippen LogP contribution in [0, 0.1) is 11.3 Å². The summed E-state index contributed by atoms with van der Waals surface area (Å²) >= 11 is 0. The third-order valence-electron chi connectivity index (χ3n) is 3.53. The molecule has 0 aliphatic carbocycles. The second kappa shape index (κ2) is 10.7. The molecule has 0 aromatic heterocycles. The smallest absolute Gasteiger partial charge is 0.319 e. The molecule has 0 saturated carbocycles. The van der Waals surface area contributed by atoms with Gasteiger partial charge in [-0.2, -0.15) is 5.26 Å². The molecule has 0 spiro atoms. The topological polar surface area (TPSA) is 127 Å². The number of carbonyl (C=O) groups is 1. The van der Waals surface area contributed by atoms with Crippen LogP contribution in [-0.2, 0) is 0 Å². The zero-order valence-electron chi connectivity index (χ0n) is 14.7. The number of para-hydroxylation sites is 1. The summed E-state index contributed by atoms with van der Waals surface area (Å²) in [7, 11) is 0. The number of aromatic hydroxyl groups is 1. The molecule has 0 aliphatic rings. The average Bonchev–Trinajstić information content (AvgIpc) is 2.68. The van der Waals surface area contributed by atoms with E-state index in [0.717, 1.165) is 0 Å². The minimum Gasteiger partial charge on any atom is -0.508 e. The van der Waals surface area contributed by atoms with E-state index in [1.807, 2.05) is 6.07 Å². The van der Waals surface area contributed by atoms with Gasteiger partial charge in [-0.15, -0.1) is 0 Å². The highest BCUT2D eigenvalue weighted by Crippen LogP contribution is 2.16. The van der Waals surface area contributed by atoms with Crippen molar-refractivity contribution in [3.8, 4) is 17.6 Å². The van der Waals surface area contributed by atoms with Crippen molar-refractivity contribution in [3.05, 3.63) is 54.1 Å². The SMILES string of the molecule is N#Cc1ccccc1OC[C@H](O)CNCCNC(=O)Nc1ccc(O)cc1. The third kappa shape index (κ3) is 7.23. The molecule has 5 N–H and O–H groups in total. The number of aliphatic hydroxyl groups excluding tert-OH is 1. The Morgan fingerprint density at radius 3 is 2.63 bits per heavy atom. The number of anilines is 1. The van der Waals surface area contributed by atoms with Crippen LogP contribution in [0.3, 0.4) is 0 Å². The number of benzene rings is 2. The van der Waals surface area contributed by atoms with Crippen LogP contribution in [0.5, 0.6) is 11.5 Å². The molecule has 2 rings (SSSR count). The quantitative estimate of drug-likeness (QED) is 0.336. The Bertz CT molecular complexity index is 774. The van der Waals surface area contributed by atoms with Crippen molar-refractivity contribution in [1.29, 1.82) is 5.26 Å². The largest absolute Gasteiger partial charge is 0.508 e. The van der Waals surface area contributed by atoms with Gasteiger partial charge in [0.05, 0.1) is 5.56 Å². The first kappa shape index (κ1) is 20.0. The number of nitrogens with zero attached hydrogens (tertiary/aromatic N) is 1. The molecule has 2 aromatic rings. The van der Waals surface area contributed by atoms with Crippen molar-refractivity contribution in [3.63, 3.8) is 0 Å². The molecule has 8 nitrogen and oxygen atoms in total. The van der Waals surface area contributed by atoms with Crippen molar-refractivity contribution in [2.75, 3.05) is 31.6 Å². The Morgan fingerprint density at radius 2 is 1.89 bits per heavy atom. The molecule has 0 radical (unpaired) electrons. The monoisotopic (exact) mass is 370 g/mol. The number of amides is 2. The van der Waals surface area contributed by atoms with Gasteiger partial charge in [-0.1, -0.05) is 12.1 Å². The number of rotatable bonds is 9. The summed E-state index contributed by atoms with van der Waals surface area (Å²) in [4.78, 5) is 11.7. The van der Waals surface area contributed by atoms with Crippen LogP contribution in [0.4, 0.5) is 10.5 Å². The predicted octanol–water partition coefficient (Wildman–Crippen LogP) is 1.41. The number of hydrogen-bond acceptors (Lipinski definition) is 6. The maximum absolute atomic E-state index is 11.7. The first-order valence-corrected chi connectivity index (χ1v) is 8.43. The van der Waals surface area contributed by atoms with E-state index in [1.165, 1.54) is 12.1 Å². The summed E-state index contributed by atoms with van der Waals surface area (Å²) in [5.41, 5.74) is 0.991. The van der Waals surface area contributed by atoms with Crippen LogP contribution in [0.25, 0.3) is 0 Å². The van der Waals surface area contributed by atoms with Crippen molar-refractivity contribution in [2.24, 2.45) is 0 Å². The highest BCUT2D eigenvalue weighted by atomic mass is 16.5. The van der Waals surface area contributed by atoms with Gasteiger partial charge in [-0.25, -0.2) is 4.79 Å². The number of carbonyl (C=O) groups excluding carboxylic acids is 1. The molecule has 2 aromatic carbocycles. The third-order valence-corrected chi connectivity index (χ3v) is 3.53. The standard InChI is InChI=1S/C19H22N4O4/c20-11-14-3-1-2-4-18(14)27-13-17(25)12-21-9-10-22-19(26)23-15-5-7-16(24)8-6-15/h1-8,17,21,24-25H,9-10,12-13H2,(H2,22,23,26)/t17-/m1/s1. The van der Waals surface area contributed by atoms with Gasteiger partial charge in [-0.05, 0) is 36.4 Å². The molecule has 27 heavy (non-hydrogen) atoms. The van der Waals surface area contributed by atoms with E-state index < -0.39 is 6.10 Å². The minimum atomic E-state index is -0.748. The van der Waals surface area contributed by atoms with E-state index >= 15 is 0 Å². The summed E-state index contributed by atoms with van der Waals surface area (Å²) in [5.74, 6) is 0.565. The number of phenols is 1. The molecule has 0 unspecified atom stereocenters. The lowest BCUT2D eigenvalue weighted by molar-refractivity contribution is 0.106. The van der Waals surface area contributed by atoms with Gasteiger partial charge in [0, 0.05) is 25.3 Å². The number of hydrogen-bond donors (Lipinski definition) is 5. The van der Waals surface area contributed by atoms with Gasteiger partial charge in [0.15, 0.2) is 0 Å². The van der Waals surface area contributed by atoms with E-state index in [1.54, 1.807) is 36.4 Å². The summed E-state index contributed by atoms with van der Waals surface area (Å²) < 4.78 is 5.45. The van der Waals surface area contributed by atoms with Crippen LogP contribution in [0.2, 0.25) is 0 Å². The zero-order chi connectivity index (χ0) is 19.5. The van der Waals surface area contributed by atoms with Gasteiger partial charge in [0.25, 0.3) is 0 Å². The average molecular weight is 370 g/mol. The van der Waals surface area contributed by atoms with E-state index in [9.17, 15) is 15.0 Å². The second-order valence-corrected chi connectivity index (χ2v) is 5.70. The van der Waals surface area contributed by atoms with Crippen LogP contribution >= 0.6 is 0 Å². The number of nitrogens with one attached hydrogen (secondary N) is 3. The Labute approximate surface area is 157 Å². The van der Waals surface area contributed by atoms with Crippen LogP contribution in [0.15, 0.2) is 48.5 Å². The van der Waals surface area contributed by atoms with Gasteiger partial charge in [0.1, 0.15) is 30.3 Å². The van der Waals surface area contributed by atoms with Gasteiger partial charge in [0.2, 0.25) is 0 Å². The lowest BCUT2D eigenvalue weighted by Crippen LogP contribution is -2.38. The summed E-state index contributed by atoms with van der Waals surface area (Å²) in [5, 5.41) is 36.4. The van der Waals surface area contributed by atoms with Crippen molar-refractivity contribution < 1.29 is 19.7 Å². The second-order valence-electron chi connectivity index (χ2n) is 5.70. The van der Waals surface area contributed by atoms with E-state index in [0.29, 0.717) is 30.1 Å². The van der Waals surface area contributed by atoms with Gasteiger partial charge in [-0.3, -0.25) is 0 Å². The minimum absolute atomic E-state index is 0.0560. The molecular weight excluding hydrogens is 348 g/mol. The molecule has 0 fully saturated rings. The van der Waals surface area contributed by atoms with E-state index in [4.69, 9.17) is 10.00 Å².